The van der Waals surface area contributed by atoms with Gasteiger partial charge in [0.15, 0.2) is 0 Å². The number of hydrogen-bond acceptors (Lipinski definition) is 1. The Morgan fingerprint density at radius 2 is 2.20 bits per heavy atom. The zero-order chi connectivity index (χ0) is 10.5. The molecule has 0 amide bonds. The molecule has 1 atom stereocenters. The van der Waals surface area contributed by atoms with Gasteiger partial charge in [-0.1, -0.05) is 19.3 Å². The fourth-order valence-corrected chi connectivity index (χ4v) is 2.55. The van der Waals surface area contributed by atoms with E-state index in [4.69, 9.17) is 0 Å². The molecule has 1 aliphatic rings. The summed E-state index contributed by atoms with van der Waals surface area (Å²) in [6.45, 7) is 3.34. The standard InChI is InChI=1S/C13H22N2/c1-11(13-5-3-2-4-6-13)15-10-12-7-8-14-9-12/h7-9,11,13-15H,2-6,10H2,1H3/t11-/m1/s1. The molecule has 0 radical (unpaired) electrons. The van der Waals surface area contributed by atoms with Gasteiger partial charge in [-0.25, -0.2) is 0 Å². The Balaban J connectivity index is 1.74. The molecular weight excluding hydrogens is 184 g/mol. The van der Waals surface area contributed by atoms with Gasteiger partial charge in [0.1, 0.15) is 0 Å². The monoisotopic (exact) mass is 206 g/mol. The zero-order valence-corrected chi connectivity index (χ0v) is 9.63. The first-order chi connectivity index (χ1) is 7.36. The van der Waals surface area contributed by atoms with Crippen LogP contribution in [0.1, 0.15) is 44.6 Å². The first-order valence-corrected chi connectivity index (χ1v) is 6.21. The lowest BCUT2D eigenvalue weighted by Crippen LogP contribution is -2.34. The number of H-pyrrole nitrogens is 1. The minimum Gasteiger partial charge on any atom is -0.367 e. The van der Waals surface area contributed by atoms with Gasteiger partial charge in [0, 0.05) is 25.0 Å². The summed E-state index contributed by atoms with van der Waals surface area (Å²) in [6.07, 6.45) is 11.2. The number of aromatic nitrogens is 1. The van der Waals surface area contributed by atoms with Crippen LogP contribution >= 0.6 is 0 Å². The first kappa shape index (κ1) is 10.7. The number of hydrogen-bond donors (Lipinski definition) is 2. The Morgan fingerprint density at radius 3 is 2.87 bits per heavy atom. The van der Waals surface area contributed by atoms with E-state index in [9.17, 15) is 0 Å². The molecule has 2 rings (SSSR count). The fraction of sp³-hybridized carbons (Fsp3) is 0.692. The topological polar surface area (TPSA) is 27.8 Å². The Kier molecular flexibility index (Phi) is 3.84. The average molecular weight is 206 g/mol. The molecule has 1 heterocycles. The number of aromatic amines is 1. The second kappa shape index (κ2) is 5.36. The van der Waals surface area contributed by atoms with Gasteiger partial charge in [0.25, 0.3) is 0 Å². The van der Waals surface area contributed by atoms with Crippen molar-refractivity contribution in [3.05, 3.63) is 24.0 Å². The minimum absolute atomic E-state index is 0.667. The minimum atomic E-state index is 0.667. The molecular formula is C13H22N2. The Bertz CT molecular complexity index is 260. The van der Waals surface area contributed by atoms with E-state index in [1.165, 1.54) is 37.7 Å². The maximum Gasteiger partial charge on any atom is 0.0223 e. The quantitative estimate of drug-likeness (QED) is 0.778. The van der Waals surface area contributed by atoms with Gasteiger partial charge in [0.05, 0.1) is 0 Å². The largest absolute Gasteiger partial charge is 0.367 e. The molecule has 1 fully saturated rings. The van der Waals surface area contributed by atoms with Crippen molar-refractivity contribution in [3.8, 4) is 0 Å². The smallest absolute Gasteiger partial charge is 0.0223 e. The summed E-state index contributed by atoms with van der Waals surface area (Å²) >= 11 is 0. The van der Waals surface area contributed by atoms with Crippen LogP contribution in [-0.4, -0.2) is 11.0 Å². The van der Waals surface area contributed by atoms with E-state index in [-0.39, 0.29) is 0 Å². The normalized spacial score (nSPS) is 20.3. The van der Waals surface area contributed by atoms with Gasteiger partial charge in [0.2, 0.25) is 0 Å². The van der Waals surface area contributed by atoms with Crippen LogP contribution in [0.25, 0.3) is 0 Å². The van der Waals surface area contributed by atoms with Crippen LogP contribution in [0.4, 0.5) is 0 Å². The van der Waals surface area contributed by atoms with Gasteiger partial charge in [-0.05, 0) is 37.3 Å². The Labute approximate surface area is 92.5 Å². The summed E-state index contributed by atoms with van der Waals surface area (Å²) in [4.78, 5) is 3.09. The summed E-state index contributed by atoms with van der Waals surface area (Å²) in [5, 5.41) is 3.63. The van der Waals surface area contributed by atoms with E-state index in [0.717, 1.165) is 12.5 Å². The molecule has 0 aromatic carbocycles. The fourth-order valence-electron chi connectivity index (χ4n) is 2.55. The van der Waals surface area contributed by atoms with Crippen LogP contribution in [0.15, 0.2) is 18.5 Å². The third-order valence-corrected chi connectivity index (χ3v) is 3.65. The van der Waals surface area contributed by atoms with Crippen molar-refractivity contribution in [2.24, 2.45) is 5.92 Å². The van der Waals surface area contributed by atoms with E-state index in [1.54, 1.807) is 0 Å². The summed E-state index contributed by atoms with van der Waals surface area (Å²) < 4.78 is 0. The lowest BCUT2D eigenvalue weighted by Gasteiger charge is -2.28. The lowest BCUT2D eigenvalue weighted by atomic mass is 9.84. The highest BCUT2D eigenvalue weighted by atomic mass is 14.9. The van der Waals surface area contributed by atoms with Crippen molar-refractivity contribution in [1.82, 2.24) is 10.3 Å². The van der Waals surface area contributed by atoms with E-state index in [0.29, 0.717) is 6.04 Å². The molecule has 1 saturated carbocycles. The molecule has 0 unspecified atom stereocenters. The summed E-state index contributed by atoms with van der Waals surface area (Å²) in [5.41, 5.74) is 1.36. The maximum atomic E-state index is 3.63. The van der Waals surface area contributed by atoms with Gasteiger partial charge in [-0.2, -0.15) is 0 Å². The van der Waals surface area contributed by atoms with Crippen molar-refractivity contribution in [1.29, 1.82) is 0 Å². The highest BCUT2D eigenvalue weighted by Gasteiger charge is 2.19. The predicted octanol–water partition coefficient (Wildman–Crippen LogP) is 3.07. The van der Waals surface area contributed by atoms with E-state index >= 15 is 0 Å². The van der Waals surface area contributed by atoms with Gasteiger partial charge in [-0.15, -0.1) is 0 Å². The summed E-state index contributed by atoms with van der Waals surface area (Å²) in [5.74, 6) is 0.901. The predicted molar refractivity (Wildman–Crippen MR) is 63.7 cm³/mol. The molecule has 1 aromatic rings. The van der Waals surface area contributed by atoms with Crippen LogP contribution in [0.3, 0.4) is 0 Å². The van der Waals surface area contributed by atoms with Crippen LogP contribution in [0, 0.1) is 5.92 Å². The molecule has 2 heteroatoms. The van der Waals surface area contributed by atoms with Crippen LogP contribution in [-0.2, 0) is 6.54 Å². The molecule has 2 N–H and O–H groups in total. The summed E-state index contributed by atoms with van der Waals surface area (Å²) in [7, 11) is 0. The molecule has 1 aliphatic carbocycles. The van der Waals surface area contributed by atoms with Crippen molar-refractivity contribution >= 4 is 0 Å². The van der Waals surface area contributed by atoms with Gasteiger partial charge < -0.3 is 10.3 Å². The highest BCUT2D eigenvalue weighted by Crippen LogP contribution is 2.26. The van der Waals surface area contributed by atoms with E-state index in [2.05, 4.69) is 29.5 Å². The Morgan fingerprint density at radius 1 is 1.40 bits per heavy atom. The number of nitrogens with one attached hydrogen (secondary N) is 2. The van der Waals surface area contributed by atoms with Crippen LogP contribution < -0.4 is 5.32 Å². The number of rotatable bonds is 4. The second-order valence-electron chi connectivity index (χ2n) is 4.79. The van der Waals surface area contributed by atoms with Crippen molar-refractivity contribution < 1.29 is 0 Å². The molecule has 0 aliphatic heterocycles. The molecule has 0 saturated heterocycles. The summed E-state index contributed by atoms with van der Waals surface area (Å²) in [6, 6.07) is 2.81. The van der Waals surface area contributed by atoms with Crippen molar-refractivity contribution in [2.75, 3.05) is 0 Å². The third kappa shape index (κ3) is 3.10. The zero-order valence-electron chi connectivity index (χ0n) is 9.63. The molecule has 0 spiro atoms. The van der Waals surface area contributed by atoms with E-state index < -0.39 is 0 Å². The highest BCUT2D eigenvalue weighted by molar-refractivity contribution is 5.07. The molecule has 84 valence electrons. The van der Waals surface area contributed by atoms with E-state index in [1.807, 2.05) is 6.20 Å². The van der Waals surface area contributed by atoms with Crippen molar-refractivity contribution in [3.63, 3.8) is 0 Å². The third-order valence-electron chi connectivity index (χ3n) is 3.65. The van der Waals surface area contributed by atoms with Gasteiger partial charge in [-0.3, -0.25) is 0 Å². The second-order valence-corrected chi connectivity index (χ2v) is 4.79. The lowest BCUT2D eigenvalue weighted by molar-refractivity contribution is 0.280. The molecule has 15 heavy (non-hydrogen) atoms. The first-order valence-electron chi connectivity index (χ1n) is 6.21. The SMILES string of the molecule is C[C@@H](NCc1cc[nH]c1)C1CCCCC1. The van der Waals surface area contributed by atoms with Crippen molar-refractivity contribution in [2.45, 2.75) is 51.6 Å². The molecule has 2 nitrogen and oxygen atoms in total. The Hall–Kier alpha value is -0.760. The van der Waals surface area contributed by atoms with Crippen LogP contribution in [0.2, 0.25) is 0 Å². The molecule has 0 bridgehead atoms. The van der Waals surface area contributed by atoms with Crippen LogP contribution in [0.5, 0.6) is 0 Å². The molecule has 1 aromatic heterocycles. The van der Waals surface area contributed by atoms with Gasteiger partial charge >= 0.3 is 0 Å². The maximum absolute atomic E-state index is 3.63. The average Bonchev–Trinajstić information content (AvgIpc) is 2.80.